The monoisotopic (exact) mass is 806 g/mol. The van der Waals surface area contributed by atoms with Crippen LogP contribution in [-0.4, -0.2) is 0 Å². The van der Waals surface area contributed by atoms with E-state index in [1.54, 1.807) is 0 Å². The minimum atomic E-state index is 0.855. The molecule has 0 saturated carbocycles. The van der Waals surface area contributed by atoms with Crippen LogP contribution in [0, 0.1) is 0 Å². The Labute approximate surface area is 368 Å². The van der Waals surface area contributed by atoms with Gasteiger partial charge in [-0.1, -0.05) is 182 Å². The number of para-hydroxylation sites is 2. The standard InChI is InChI=1S/C60H42N2O/c1-4-16-43(17-5-1)46-30-36-50(37-31-46)61(51-38-32-47(33-39-51)44-18-6-2-7-19-44)56-26-12-10-24-54(56)49-22-14-23-53(42-49)62(52-40-34-48(35-41-52)45-20-8-3-9-21-45)57-27-15-29-59-60(57)55-25-11-13-28-58(55)63-59/h1-42H. The van der Waals surface area contributed by atoms with Crippen molar-refractivity contribution in [2.75, 3.05) is 9.80 Å². The van der Waals surface area contributed by atoms with Gasteiger partial charge in [-0.3, -0.25) is 0 Å². The lowest BCUT2D eigenvalue weighted by Gasteiger charge is -2.29. The number of fused-ring (bicyclic) bond motifs is 3. The molecule has 3 nitrogen and oxygen atoms in total. The van der Waals surface area contributed by atoms with E-state index in [4.69, 9.17) is 4.42 Å². The Balaban J connectivity index is 1.06. The maximum Gasteiger partial charge on any atom is 0.137 e. The molecule has 0 atom stereocenters. The number of benzene rings is 10. The fourth-order valence-corrected chi connectivity index (χ4v) is 8.82. The summed E-state index contributed by atoms with van der Waals surface area (Å²) in [6.07, 6.45) is 0. The molecule has 0 radical (unpaired) electrons. The van der Waals surface area contributed by atoms with Crippen molar-refractivity contribution in [3.05, 3.63) is 255 Å². The molecule has 1 aromatic heterocycles. The zero-order chi connectivity index (χ0) is 42.0. The molecule has 0 aliphatic heterocycles. The highest BCUT2D eigenvalue weighted by Crippen LogP contribution is 2.46. The molecule has 0 fully saturated rings. The molecule has 0 aliphatic rings. The number of rotatable bonds is 10. The summed E-state index contributed by atoms with van der Waals surface area (Å²) in [4.78, 5) is 4.75. The topological polar surface area (TPSA) is 19.6 Å². The Morgan fingerprint density at radius 2 is 0.651 bits per heavy atom. The van der Waals surface area contributed by atoms with Crippen molar-refractivity contribution < 1.29 is 4.42 Å². The molecule has 0 amide bonds. The highest BCUT2D eigenvalue weighted by atomic mass is 16.3. The van der Waals surface area contributed by atoms with E-state index in [1.807, 2.05) is 12.1 Å². The molecule has 0 spiro atoms. The predicted octanol–water partition coefficient (Wildman–Crippen LogP) is 17.2. The Morgan fingerprint density at radius 1 is 0.254 bits per heavy atom. The zero-order valence-corrected chi connectivity index (χ0v) is 34.6. The maximum absolute atomic E-state index is 6.44. The van der Waals surface area contributed by atoms with Crippen LogP contribution in [0.3, 0.4) is 0 Å². The second-order valence-electron chi connectivity index (χ2n) is 15.7. The normalized spacial score (nSPS) is 11.2. The zero-order valence-electron chi connectivity index (χ0n) is 34.6. The molecule has 0 unspecified atom stereocenters. The number of hydrogen-bond donors (Lipinski definition) is 0. The summed E-state index contributed by atoms with van der Waals surface area (Å²) in [6, 6.07) is 90.7. The molecule has 10 aromatic carbocycles. The summed E-state index contributed by atoms with van der Waals surface area (Å²) in [7, 11) is 0. The van der Waals surface area contributed by atoms with Crippen LogP contribution in [0.25, 0.3) is 66.4 Å². The minimum absolute atomic E-state index is 0.855. The number of nitrogens with zero attached hydrogens (tertiary/aromatic N) is 2. The molecule has 298 valence electrons. The molecule has 0 N–H and O–H groups in total. The van der Waals surface area contributed by atoms with Crippen LogP contribution in [0.2, 0.25) is 0 Å². The quantitative estimate of drug-likeness (QED) is 0.137. The second kappa shape index (κ2) is 16.6. The average molecular weight is 807 g/mol. The van der Waals surface area contributed by atoms with Gasteiger partial charge < -0.3 is 14.2 Å². The third kappa shape index (κ3) is 7.32. The van der Waals surface area contributed by atoms with Gasteiger partial charge in [0.05, 0.1) is 16.8 Å². The van der Waals surface area contributed by atoms with Gasteiger partial charge in [-0.05, 0) is 112 Å². The van der Waals surface area contributed by atoms with Gasteiger partial charge in [-0.2, -0.15) is 0 Å². The van der Waals surface area contributed by atoms with Crippen molar-refractivity contribution in [3.8, 4) is 44.5 Å². The molecule has 0 bridgehead atoms. The maximum atomic E-state index is 6.44. The lowest BCUT2D eigenvalue weighted by molar-refractivity contribution is 0.669. The van der Waals surface area contributed by atoms with E-state index in [2.05, 4.69) is 252 Å². The molecule has 0 aliphatic carbocycles. The molecule has 11 aromatic rings. The average Bonchev–Trinajstić information content (AvgIpc) is 3.76. The first kappa shape index (κ1) is 37.6. The van der Waals surface area contributed by atoms with Crippen molar-refractivity contribution >= 4 is 56.1 Å². The summed E-state index contributed by atoms with van der Waals surface area (Å²) >= 11 is 0. The van der Waals surface area contributed by atoms with Crippen LogP contribution in [-0.2, 0) is 0 Å². The molecule has 3 heteroatoms. The van der Waals surface area contributed by atoms with Crippen LogP contribution in [0.1, 0.15) is 0 Å². The predicted molar refractivity (Wildman–Crippen MR) is 265 cm³/mol. The SMILES string of the molecule is c1ccc(-c2ccc(N(c3ccc(-c4ccccc4)cc3)c3ccccc3-c3cccc(N(c4ccc(-c5ccccc5)cc4)c4cccc5oc6ccccc6c45)c3)cc2)cc1. The van der Waals surface area contributed by atoms with Gasteiger partial charge in [0.25, 0.3) is 0 Å². The number of hydrogen-bond acceptors (Lipinski definition) is 3. The van der Waals surface area contributed by atoms with E-state index >= 15 is 0 Å². The summed E-state index contributed by atoms with van der Waals surface area (Å²) < 4.78 is 6.44. The van der Waals surface area contributed by atoms with Crippen LogP contribution in [0.15, 0.2) is 259 Å². The van der Waals surface area contributed by atoms with E-state index in [1.165, 1.54) is 33.4 Å². The van der Waals surface area contributed by atoms with E-state index in [9.17, 15) is 0 Å². The fourth-order valence-electron chi connectivity index (χ4n) is 8.82. The van der Waals surface area contributed by atoms with Crippen LogP contribution in [0.5, 0.6) is 0 Å². The van der Waals surface area contributed by atoms with Crippen LogP contribution < -0.4 is 9.80 Å². The van der Waals surface area contributed by atoms with E-state index in [-0.39, 0.29) is 0 Å². The van der Waals surface area contributed by atoms with Crippen molar-refractivity contribution in [1.29, 1.82) is 0 Å². The minimum Gasteiger partial charge on any atom is -0.456 e. The van der Waals surface area contributed by atoms with Gasteiger partial charge in [0.1, 0.15) is 11.2 Å². The van der Waals surface area contributed by atoms with Gasteiger partial charge in [0.2, 0.25) is 0 Å². The summed E-state index contributed by atoms with van der Waals surface area (Å²) in [6.45, 7) is 0. The van der Waals surface area contributed by atoms with E-state index < -0.39 is 0 Å². The molecular formula is C60H42N2O. The van der Waals surface area contributed by atoms with Gasteiger partial charge >= 0.3 is 0 Å². The molecule has 1 heterocycles. The highest BCUT2D eigenvalue weighted by molar-refractivity contribution is 6.13. The first-order valence-electron chi connectivity index (χ1n) is 21.4. The highest BCUT2D eigenvalue weighted by Gasteiger charge is 2.22. The van der Waals surface area contributed by atoms with Gasteiger partial charge in [-0.15, -0.1) is 0 Å². The van der Waals surface area contributed by atoms with Crippen LogP contribution in [0.4, 0.5) is 34.1 Å². The van der Waals surface area contributed by atoms with Crippen LogP contribution >= 0.6 is 0 Å². The lowest BCUT2D eigenvalue weighted by atomic mass is 9.99. The van der Waals surface area contributed by atoms with Crippen molar-refractivity contribution in [1.82, 2.24) is 0 Å². The van der Waals surface area contributed by atoms with Crippen molar-refractivity contribution in [2.24, 2.45) is 0 Å². The largest absolute Gasteiger partial charge is 0.456 e. The van der Waals surface area contributed by atoms with Crippen molar-refractivity contribution in [2.45, 2.75) is 0 Å². The van der Waals surface area contributed by atoms with Gasteiger partial charge in [0.15, 0.2) is 0 Å². The number of anilines is 6. The molecule has 11 rings (SSSR count). The number of furan rings is 1. The second-order valence-corrected chi connectivity index (χ2v) is 15.7. The lowest BCUT2D eigenvalue weighted by Crippen LogP contribution is -2.12. The Morgan fingerprint density at radius 3 is 1.21 bits per heavy atom. The van der Waals surface area contributed by atoms with Gasteiger partial charge in [-0.25, -0.2) is 0 Å². The third-order valence-electron chi connectivity index (χ3n) is 11.9. The molecule has 63 heavy (non-hydrogen) atoms. The summed E-state index contributed by atoms with van der Waals surface area (Å²) in [5.74, 6) is 0. The molecular weight excluding hydrogens is 765 g/mol. The summed E-state index contributed by atoms with van der Waals surface area (Å²) in [5, 5.41) is 2.16. The fraction of sp³-hybridized carbons (Fsp3) is 0. The van der Waals surface area contributed by atoms with Crippen molar-refractivity contribution in [3.63, 3.8) is 0 Å². The Bertz CT molecular complexity index is 3220. The first-order chi connectivity index (χ1) is 31.2. The van der Waals surface area contributed by atoms with E-state index in [0.29, 0.717) is 0 Å². The first-order valence-corrected chi connectivity index (χ1v) is 21.4. The third-order valence-corrected chi connectivity index (χ3v) is 11.9. The molecule has 0 saturated heterocycles. The summed E-state index contributed by atoms with van der Waals surface area (Å²) in [5.41, 5.74) is 17.4. The Hall–Kier alpha value is -8.40. The Kier molecular flexibility index (Phi) is 9.89. The van der Waals surface area contributed by atoms with Gasteiger partial charge in [0, 0.05) is 33.7 Å². The smallest absolute Gasteiger partial charge is 0.137 e. The van der Waals surface area contributed by atoms with E-state index in [0.717, 1.165) is 67.2 Å².